The molecule has 0 spiro atoms. The van der Waals surface area contributed by atoms with E-state index in [1.807, 2.05) is 47.0 Å². The first-order valence-electron chi connectivity index (χ1n) is 10.3. The van der Waals surface area contributed by atoms with E-state index in [2.05, 4.69) is 29.6 Å². The summed E-state index contributed by atoms with van der Waals surface area (Å²) >= 11 is 0. The van der Waals surface area contributed by atoms with Crippen molar-refractivity contribution in [3.8, 4) is 11.5 Å². The third-order valence-electron chi connectivity index (χ3n) is 4.70. The molecule has 164 valence electrons. The number of imidazole rings is 1. The van der Waals surface area contributed by atoms with Crippen molar-refractivity contribution in [1.29, 1.82) is 5.41 Å². The Balaban J connectivity index is 1.64. The number of nitrogens with one attached hydrogen (secondary N) is 1. The van der Waals surface area contributed by atoms with E-state index in [0.29, 0.717) is 30.3 Å². The second kappa shape index (κ2) is 10.5. The van der Waals surface area contributed by atoms with Gasteiger partial charge >= 0.3 is 0 Å². The van der Waals surface area contributed by atoms with Crippen LogP contribution < -0.4 is 4.74 Å². The number of pyridine rings is 1. The van der Waals surface area contributed by atoms with Crippen LogP contribution >= 0.6 is 0 Å². The summed E-state index contributed by atoms with van der Waals surface area (Å²) in [7, 11) is -1.11. The summed E-state index contributed by atoms with van der Waals surface area (Å²) in [4.78, 5) is 8.84. The minimum atomic E-state index is -1.11. The second-order valence-corrected chi connectivity index (χ2v) is 14.1. The highest BCUT2D eigenvalue weighted by Crippen LogP contribution is 2.23. The molecular formula is C23H30N4O3Si. The number of benzene rings is 1. The van der Waals surface area contributed by atoms with Crippen LogP contribution in [-0.4, -0.2) is 47.8 Å². The first kappa shape index (κ1) is 22.9. The van der Waals surface area contributed by atoms with Crippen molar-refractivity contribution in [1.82, 2.24) is 9.38 Å². The van der Waals surface area contributed by atoms with Crippen LogP contribution in [-0.2, 0) is 11.3 Å². The number of aromatic nitrogens is 2. The standard InChI is InChI=1S/C23H30N4O3Si/c1-31(2,3)13-12-29-17-25-22(10-11-24)18-4-6-20(7-5-18)30-21-8-9-23-26-19(16-28)14-27(23)15-21/h4-9,11,14-15,24,28H,10,12-13,16-17H2,1-3H3. The van der Waals surface area contributed by atoms with Gasteiger partial charge < -0.3 is 24.4 Å². The highest BCUT2D eigenvalue weighted by molar-refractivity contribution is 6.76. The highest BCUT2D eigenvalue weighted by Gasteiger charge is 2.12. The number of hydrogen-bond acceptors (Lipinski definition) is 6. The Labute approximate surface area is 183 Å². The van der Waals surface area contributed by atoms with Crippen molar-refractivity contribution in [2.45, 2.75) is 38.7 Å². The van der Waals surface area contributed by atoms with Gasteiger partial charge in [0.2, 0.25) is 0 Å². The third kappa shape index (κ3) is 6.85. The van der Waals surface area contributed by atoms with Crippen LogP contribution in [0.1, 0.15) is 17.7 Å². The molecule has 2 aromatic heterocycles. The van der Waals surface area contributed by atoms with E-state index in [4.69, 9.17) is 14.9 Å². The molecule has 0 saturated heterocycles. The largest absolute Gasteiger partial charge is 0.456 e. The summed E-state index contributed by atoms with van der Waals surface area (Å²) in [6.07, 6.45) is 5.42. The zero-order valence-electron chi connectivity index (χ0n) is 18.3. The highest BCUT2D eigenvalue weighted by atomic mass is 28.3. The molecule has 0 aliphatic carbocycles. The van der Waals surface area contributed by atoms with E-state index in [-0.39, 0.29) is 6.61 Å². The number of hydrogen-bond donors (Lipinski definition) is 2. The van der Waals surface area contributed by atoms with E-state index in [1.54, 1.807) is 6.20 Å². The van der Waals surface area contributed by atoms with Crippen molar-refractivity contribution in [3.63, 3.8) is 0 Å². The van der Waals surface area contributed by atoms with Gasteiger partial charge in [-0.3, -0.25) is 4.99 Å². The maximum atomic E-state index is 9.23. The van der Waals surface area contributed by atoms with E-state index in [9.17, 15) is 5.11 Å². The van der Waals surface area contributed by atoms with E-state index in [0.717, 1.165) is 29.6 Å². The molecule has 0 unspecified atom stereocenters. The molecule has 7 nitrogen and oxygen atoms in total. The summed E-state index contributed by atoms with van der Waals surface area (Å²) in [5.74, 6) is 1.37. The fraction of sp³-hybridized carbons (Fsp3) is 0.348. The fourth-order valence-electron chi connectivity index (χ4n) is 2.95. The summed E-state index contributed by atoms with van der Waals surface area (Å²) in [6.45, 7) is 7.91. The third-order valence-corrected chi connectivity index (χ3v) is 6.40. The Hall–Kier alpha value is -2.81. The average Bonchev–Trinajstić information content (AvgIpc) is 3.15. The molecule has 3 aromatic rings. The summed E-state index contributed by atoms with van der Waals surface area (Å²) in [5.41, 5.74) is 3.14. The summed E-state index contributed by atoms with van der Waals surface area (Å²) in [5, 5.41) is 16.7. The van der Waals surface area contributed by atoms with Gasteiger partial charge in [0, 0.05) is 33.5 Å². The summed E-state index contributed by atoms with van der Waals surface area (Å²) < 4.78 is 13.5. The molecule has 0 fully saturated rings. The van der Waals surface area contributed by atoms with Crippen LogP contribution in [0.15, 0.2) is 53.8 Å². The lowest BCUT2D eigenvalue weighted by molar-refractivity contribution is 0.155. The van der Waals surface area contributed by atoms with Gasteiger partial charge in [0.05, 0.1) is 24.2 Å². The zero-order valence-corrected chi connectivity index (χ0v) is 19.3. The first-order chi connectivity index (χ1) is 14.9. The first-order valence-corrected chi connectivity index (χ1v) is 14.1. The molecule has 2 N–H and O–H groups in total. The molecule has 0 bridgehead atoms. The monoisotopic (exact) mass is 438 g/mol. The minimum Gasteiger partial charge on any atom is -0.456 e. The molecule has 0 aliphatic rings. The Morgan fingerprint density at radius 2 is 1.87 bits per heavy atom. The molecular weight excluding hydrogens is 408 g/mol. The molecule has 0 amide bonds. The Morgan fingerprint density at radius 1 is 1.13 bits per heavy atom. The average molecular weight is 439 g/mol. The van der Waals surface area contributed by atoms with Crippen LogP contribution in [0, 0.1) is 5.41 Å². The topological polar surface area (TPSA) is 92.2 Å². The van der Waals surface area contributed by atoms with Crippen LogP contribution in [0.5, 0.6) is 11.5 Å². The van der Waals surface area contributed by atoms with Crippen LogP contribution in [0.3, 0.4) is 0 Å². The van der Waals surface area contributed by atoms with Gasteiger partial charge in [-0.2, -0.15) is 0 Å². The van der Waals surface area contributed by atoms with Crippen molar-refractivity contribution in [2.24, 2.45) is 4.99 Å². The van der Waals surface area contributed by atoms with Gasteiger partial charge in [-0.15, -0.1) is 0 Å². The normalized spacial score (nSPS) is 12.3. The zero-order chi connectivity index (χ0) is 22.3. The van der Waals surface area contributed by atoms with Gasteiger partial charge in [0.1, 0.15) is 23.9 Å². The SMILES string of the molecule is C[Si](C)(C)CCOCN=C(CC=N)c1ccc(Oc2ccc3nc(CO)cn3c2)cc1. The lowest BCUT2D eigenvalue weighted by Gasteiger charge is -2.14. The molecule has 1 aromatic carbocycles. The van der Waals surface area contributed by atoms with Gasteiger partial charge in [-0.05, 0) is 48.0 Å². The molecule has 0 radical (unpaired) electrons. The fourth-order valence-corrected chi connectivity index (χ4v) is 3.71. The van der Waals surface area contributed by atoms with Crippen molar-refractivity contribution >= 4 is 25.6 Å². The number of aliphatic hydroxyl groups excluding tert-OH is 1. The maximum Gasteiger partial charge on any atom is 0.144 e. The Bertz CT molecular complexity index is 1040. The molecule has 0 atom stereocenters. The molecule has 2 heterocycles. The number of aliphatic imine (C=N–C) groups is 1. The number of nitrogens with zero attached hydrogens (tertiary/aromatic N) is 3. The second-order valence-electron chi connectivity index (χ2n) is 8.51. The smallest absolute Gasteiger partial charge is 0.144 e. The number of aliphatic hydroxyl groups is 1. The maximum absolute atomic E-state index is 9.23. The van der Waals surface area contributed by atoms with E-state index < -0.39 is 8.07 Å². The quantitative estimate of drug-likeness (QED) is 0.256. The van der Waals surface area contributed by atoms with Crippen LogP contribution in [0.2, 0.25) is 25.7 Å². The minimum absolute atomic E-state index is 0.0949. The van der Waals surface area contributed by atoms with Gasteiger partial charge in [-0.1, -0.05) is 19.6 Å². The van der Waals surface area contributed by atoms with Crippen molar-refractivity contribution in [2.75, 3.05) is 13.3 Å². The molecule has 0 aliphatic heterocycles. The lowest BCUT2D eigenvalue weighted by Crippen LogP contribution is -2.21. The number of rotatable bonds is 11. The van der Waals surface area contributed by atoms with Crippen molar-refractivity contribution < 1.29 is 14.6 Å². The van der Waals surface area contributed by atoms with Crippen molar-refractivity contribution in [3.05, 3.63) is 60.0 Å². The van der Waals surface area contributed by atoms with E-state index >= 15 is 0 Å². The lowest BCUT2D eigenvalue weighted by atomic mass is 10.1. The predicted molar refractivity (Wildman–Crippen MR) is 127 cm³/mol. The molecule has 31 heavy (non-hydrogen) atoms. The number of fused-ring (bicyclic) bond motifs is 1. The van der Waals surface area contributed by atoms with Crippen LogP contribution in [0.4, 0.5) is 0 Å². The molecule has 8 heteroatoms. The van der Waals surface area contributed by atoms with Gasteiger partial charge in [0.15, 0.2) is 0 Å². The number of ether oxygens (including phenoxy) is 2. The molecule has 3 rings (SSSR count). The van der Waals surface area contributed by atoms with Crippen LogP contribution in [0.25, 0.3) is 5.65 Å². The predicted octanol–water partition coefficient (Wildman–Crippen LogP) is 4.76. The Morgan fingerprint density at radius 3 is 2.55 bits per heavy atom. The molecule has 0 saturated carbocycles. The summed E-state index contributed by atoms with van der Waals surface area (Å²) in [6, 6.07) is 12.5. The van der Waals surface area contributed by atoms with Gasteiger partial charge in [0.25, 0.3) is 0 Å². The van der Waals surface area contributed by atoms with Gasteiger partial charge in [-0.25, -0.2) is 4.98 Å². The van der Waals surface area contributed by atoms with E-state index in [1.165, 1.54) is 6.21 Å². The Kier molecular flexibility index (Phi) is 7.73.